The number of hydrogen-bond acceptors (Lipinski definition) is 4. The third-order valence-electron chi connectivity index (χ3n) is 10.8. The molecule has 32 heavy (non-hydrogen) atoms. The number of aliphatic hydroxyl groups is 1. The molecule has 0 amide bonds. The predicted octanol–water partition coefficient (Wildman–Crippen LogP) is 4.59. The summed E-state index contributed by atoms with van der Waals surface area (Å²) in [5.74, 6) is 5.57. The van der Waals surface area contributed by atoms with Crippen LogP contribution in [-0.4, -0.2) is 26.3 Å². The van der Waals surface area contributed by atoms with Gasteiger partial charge in [0.15, 0.2) is 5.78 Å². The second-order valence-corrected chi connectivity index (χ2v) is 12.6. The summed E-state index contributed by atoms with van der Waals surface area (Å²) in [6.45, 7) is 4.80. The van der Waals surface area contributed by atoms with Gasteiger partial charge in [-0.1, -0.05) is 6.92 Å². The zero-order chi connectivity index (χ0) is 22.3. The molecule has 172 valence electrons. The van der Waals surface area contributed by atoms with E-state index in [1.54, 1.807) is 17.1 Å². The van der Waals surface area contributed by atoms with Gasteiger partial charge in [-0.3, -0.25) is 9.48 Å². The number of nitrogens with zero attached hydrogens (tertiary/aromatic N) is 3. The predicted molar refractivity (Wildman–Crippen MR) is 120 cm³/mol. The van der Waals surface area contributed by atoms with Crippen LogP contribution in [0.5, 0.6) is 0 Å². The van der Waals surface area contributed by atoms with Crippen LogP contribution < -0.4 is 0 Å². The van der Waals surface area contributed by atoms with Gasteiger partial charge in [-0.05, 0) is 112 Å². The number of aromatic nitrogens is 2. The Labute approximate surface area is 191 Å². The van der Waals surface area contributed by atoms with E-state index in [0.29, 0.717) is 35.6 Å². The van der Waals surface area contributed by atoms with E-state index in [9.17, 15) is 9.90 Å². The van der Waals surface area contributed by atoms with Gasteiger partial charge in [0.25, 0.3) is 0 Å². The molecule has 0 radical (unpaired) electrons. The molecule has 1 heterocycles. The largest absolute Gasteiger partial charge is 0.390 e. The molecule has 5 heteroatoms. The molecule has 0 saturated heterocycles. The van der Waals surface area contributed by atoms with Gasteiger partial charge in [-0.15, -0.1) is 0 Å². The summed E-state index contributed by atoms with van der Waals surface area (Å²) in [4.78, 5) is 13.7. The molecule has 1 aromatic rings. The maximum Gasteiger partial charge on any atom is 0.158 e. The second kappa shape index (κ2) is 7.16. The zero-order valence-corrected chi connectivity index (χ0v) is 19.5. The van der Waals surface area contributed by atoms with Crippen molar-refractivity contribution in [3.8, 4) is 6.07 Å². The third-order valence-corrected chi connectivity index (χ3v) is 10.8. The Hall–Kier alpha value is -1.67. The summed E-state index contributed by atoms with van der Waals surface area (Å²) in [6.07, 6.45) is 14.0. The van der Waals surface area contributed by atoms with Gasteiger partial charge in [0.2, 0.25) is 0 Å². The average molecular weight is 436 g/mol. The van der Waals surface area contributed by atoms with Crippen molar-refractivity contribution < 1.29 is 9.90 Å². The van der Waals surface area contributed by atoms with Crippen molar-refractivity contribution in [3.63, 3.8) is 0 Å². The Balaban J connectivity index is 1.24. The first kappa shape index (κ1) is 20.9. The van der Waals surface area contributed by atoms with Crippen molar-refractivity contribution in [2.45, 2.75) is 83.8 Å². The van der Waals surface area contributed by atoms with Crippen LogP contribution in [0.3, 0.4) is 0 Å². The van der Waals surface area contributed by atoms with Crippen LogP contribution in [-0.2, 0) is 11.3 Å². The molecule has 0 spiro atoms. The quantitative estimate of drug-likeness (QED) is 0.753. The maximum absolute atomic E-state index is 13.7. The van der Waals surface area contributed by atoms with E-state index in [0.717, 1.165) is 36.5 Å². The highest BCUT2D eigenvalue weighted by molar-refractivity contribution is 5.82. The summed E-state index contributed by atoms with van der Waals surface area (Å²) < 4.78 is 1.68. The van der Waals surface area contributed by atoms with Crippen LogP contribution in [0.15, 0.2) is 12.4 Å². The number of hydrogen-bond donors (Lipinski definition) is 1. The topological polar surface area (TPSA) is 78.9 Å². The number of carbonyl (C=O) groups is 1. The summed E-state index contributed by atoms with van der Waals surface area (Å²) >= 11 is 0. The molecule has 5 aliphatic rings. The van der Waals surface area contributed by atoms with Crippen LogP contribution >= 0.6 is 0 Å². The SMILES string of the molecule is C[C@@]1(O)CC[C@H]2[C@H](CC[C@@H]3[C@@H]2CC[C@@]2(C)[C@H]3C[C@@H]3C[C@@H]3[C@@H]2C(=O)Cn2cc(C#N)cn2)C1. The Bertz CT molecular complexity index is 960. The zero-order valence-electron chi connectivity index (χ0n) is 19.5. The van der Waals surface area contributed by atoms with E-state index in [2.05, 4.69) is 18.1 Å². The van der Waals surface area contributed by atoms with Crippen molar-refractivity contribution in [3.05, 3.63) is 18.0 Å². The van der Waals surface area contributed by atoms with Crippen LogP contribution in [0.25, 0.3) is 0 Å². The molecular weight excluding hydrogens is 398 g/mol. The first-order valence-electron chi connectivity index (χ1n) is 13.0. The molecule has 5 nitrogen and oxygen atoms in total. The Morgan fingerprint density at radius 1 is 1.12 bits per heavy atom. The number of carbonyl (C=O) groups excluding carboxylic acids is 1. The first-order chi connectivity index (χ1) is 15.3. The summed E-state index contributed by atoms with van der Waals surface area (Å²) in [6, 6.07) is 2.12. The number of fused-ring (bicyclic) bond motifs is 6. The van der Waals surface area contributed by atoms with Crippen molar-refractivity contribution in [2.75, 3.05) is 0 Å². The van der Waals surface area contributed by atoms with Crippen LogP contribution in [0.2, 0.25) is 0 Å². The minimum absolute atomic E-state index is 0.119. The van der Waals surface area contributed by atoms with Crippen LogP contribution in [0.4, 0.5) is 0 Å². The van der Waals surface area contributed by atoms with Gasteiger partial charge in [0.05, 0.1) is 23.9 Å². The lowest BCUT2D eigenvalue weighted by Crippen LogP contribution is -2.55. The molecule has 10 atom stereocenters. The molecule has 6 rings (SSSR count). The fourth-order valence-corrected chi connectivity index (χ4v) is 9.40. The second-order valence-electron chi connectivity index (χ2n) is 12.6. The molecule has 1 N–H and O–H groups in total. The summed E-state index contributed by atoms with van der Waals surface area (Å²) in [5.41, 5.74) is 0.186. The number of Topliss-reactive ketones (excluding diaryl/α,β-unsaturated/α-hetero) is 1. The van der Waals surface area contributed by atoms with Gasteiger partial charge in [0.1, 0.15) is 6.07 Å². The van der Waals surface area contributed by atoms with Gasteiger partial charge in [-0.25, -0.2) is 0 Å². The monoisotopic (exact) mass is 435 g/mol. The van der Waals surface area contributed by atoms with Crippen LogP contribution in [0.1, 0.15) is 77.2 Å². The van der Waals surface area contributed by atoms with Crippen molar-refractivity contribution in [1.29, 1.82) is 5.26 Å². The minimum Gasteiger partial charge on any atom is -0.390 e. The Kier molecular flexibility index (Phi) is 4.68. The minimum atomic E-state index is -0.460. The molecular formula is C27H37N3O2. The van der Waals surface area contributed by atoms with E-state index in [1.807, 2.05) is 6.92 Å². The van der Waals surface area contributed by atoms with E-state index in [-0.39, 0.29) is 11.3 Å². The lowest BCUT2D eigenvalue weighted by atomic mass is 9.44. The van der Waals surface area contributed by atoms with Crippen molar-refractivity contribution in [1.82, 2.24) is 9.78 Å². The van der Waals surface area contributed by atoms with E-state index >= 15 is 0 Å². The fourth-order valence-electron chi connectivity index (χ4n) is 9.40. The highest BCUT2D eigenvalue weighted by Crippen LogP contribution is 2.70. The van der Waals surface area contributed by atoms with E-state index in [1.165, 1.54) is 44.9 Å². The molecule has 1 aromatic heterocycles. The van der Waals surface area contributed by atoms with Crippen molar-refractivity contribution in [2.24, 2.45) is 52.8 Å². The van der Waals surface area contributed by atoms with Gasteiger partial charge < -0.3 is 5.11 Å². The van der Waals surface area contributed by atoms with Crippen molar-refractivity contribution >= 4 is 5.78 Å². The third kappa shape index (κ3) is 3.20. The molecule has 5 saturated carbocycles. The Morgan fingerprint density at radius 2 is 1.94 bits per heavy atom. The van der Waals surface area contributed by atoms with Gasteiger partial charge in [0, 0.05) is 12.1 Å². The van der Waals surface area contributed by atoms with E-state index < -0.39 is 5.60 Å². The fraction of sp³-hybridized carbons (Fsp3) is 0.815. The molecule has 0 unspecified atom stereocenters. The molecule has 5 fully saturated rings. The van der Waals surface area contributed by atoms with Gasteiger partial charge >= 0.3 is 0 Å². The van der Waals surface area contributed by atoms with Crippen LogP contribution in [0, 0.1) is 64.1 Å². The summed E-state index contributed by atoms with van der Waals surface area (Å²) in [7, 11) is 0. The van der Waals surface area contributed by atoms with Gasteiger partial charge in [-0.2, -0.15) is 10.4 Å². The van der Waals surface area contributed by atoms with E-state index in [4.69, 9.17) is 5.26 Å². The number of rotatable bonds is 3. The normalized spacial score (nSPS) is 49.1. The number of nitriles is 1. The number of ketones is 1. The standard InChI is InChI=1S/C27H37N3O2/c1-26(32)7-5-19-17(11-26)3-4-21-20(19)6-8-27(2)23(21)10-18-9-22(18)25(27)24(31)15-30-14-16(12-28)13-29-30/h13-14,17-23,25,32H,3-11,15H2,1-2H3/t17-,18+,19+,20-,21-,22+,23+,25-,26-,27+/m1/s1. The highest BCUT2D eigenvalue weighted by atomic mass is 16.3. The molecule has 0 aliphatic heterocycles. The molecule has 0 bridgehead atoms. The highest BCUT2D eigenvalue weighted by Gasteiger charge is 2.65. The Morgan fingerprint density at radius 3 is 2.72 bits per heavy atom. The smallest absolute Gasteiger partial charge is 0.158 e. The lowest BCUT2D eigenvalue weighted by molar-refractivity contribution is -0.150. The molecule has 0 aromatic carbocycles. The molecule has 5 aliphatic carbocycles. The summed E-state index contributed by atoms with van der Waals surface area (Å²) in [5, 5.41) is 24.0. The maximum atomic E-state index is 13.7. The first-order valence-corrected chi connectivity index (χ1v) is 13.0. The lowest BCUT2D eigenvalue weighted by Gasteiger charge is -2.60. The average Bonchev–Trinajstić information content (AvgIpc) is 3.36.